The molecule has 166 valence electrons. The third-order valence-corrected chi connectivity index (χ3v) is 5.64. The lowest BCUT2D eigenvalue weighted by molar-refractivity contribution is -0.123. The highest BCUT2D eigenvalue weighted by molar-refractivity contribution is 6.36. The van der Waals surface area contributed by atoms with Crippen molar-refractivity contribution in [1.29, 1.82) is 0 Å². The Balaban J connectivity index is 1.54. The summed E-state index contributed by atoms with van der Waals surface area (Å²) < 4.78 is 20.4. The molecule has 1 N–H and O–H groups in total. The summed E-state index contributed by atoms with van der Waals surface area (Å²) >= 11 is 11.8. The predicted molar refractivity (Wildman–Crippen MR) is 118 cm³/mol. The van der Waals surface area contributed by atoms with E-state index in [1.807, 2.05) is 0 Å². The van der Waals surface area contributed by atoms with Crippen molar-refractivity contribution >= 4 is 40.9 Å². The second-order valence-corrected chi connectivity index (χ2v) is 8.23. The highest BCUT2D eigenvalue weighted by atomic mass is 35.5. The number of esters is 1. The molecule has 0 unspecified atom stereocenters. The van der Waals surface area contributed by atoms with Crippen LogP contribution in [0.15, 0.2) is 36.5 Å². The van der Waals surface area contributed by atoms with Gasteiger partial charge in [0.1, 0.15) is 5.82 Å². The van der Waals surface area contributed by atoms with Gasteiger partial charge in [-0.1, -0.05) is 23.2 Å². The molecule has 1 atom stereocenters. The fourth-order valence-corrected chi connectivity index (χ4v) is 3.98. The van der Waals surface area contributed by atoms with E-state index in [1.165, 1.54) is 31.3 Å². The molecule has 1 aliphatic carbocycles. The van der Waals surface area contributed by atoms with Crippen LogP contribution < -0.4 is 5.32 Å². The van der Waals surface area contributed by atoms with Gasteiger partial charge in [-0.15, -0.1) is 0 Å². The van der Waals surface area contributed by atoms with E-state index >= 15 is 0 Å². The maximum absolute atomic E-state index is 13.3. The zero-order valence-corrected chi connectivity index (χ0v) is 18.6. The Morgan fingerprint density at radius 1 is 1.19 bits per heavy atom. The largest absolute Gasteiger partial charge is 0.448 e. The monoisotopic (exact) mass is 476 g/mol. The molecule has 0 bridgehead atoms. The van der Waals surface area contributed by atoms with Crippen molar-refractivity contribution in [2.24, 2.45) is 0 Å². The molecule has 0 spiro atoms. The molecule has 1 amide bonds. The Labute approximate surface area is 193 Å². The summed E-state index contributed by atoms with van der Waals surface area (Å²) in [6.07, 6.45) is 3.51. The van der Waals surface area contributed by atoms with Gasteiger partial charge < -0.3 is 10.1 Å². The van der Waals surface area contributed by atoms with Crippen molar-refractivity contribution < 1.29 is 18.7 Å². The zero-order chi connectivity index (χ0) is 22.8. The first-order valence-electron chi connectivity index (χ1n) is 10.0. The zero-order valence-electron chi connectivity index (χ0n) is 17.1. The summed E-state index contributed by atoms with van der Waals surface area (Å²) in [6, 6.07) is 7.33. The number of nitrogens with one attached hydrogen (secondary N) is 1. The lowest BCUT2D eigenvalue weighted by Gasteiger charge is -2.15. The topological polar surface area (TPSA) is 86.1 Å². The molecule has 32 heavy (non-hydrogen) atoms. The van der Waals surface area contributed by atoms with Crippen LogP contribution in [0.1, 0.15) is 41.5 Å². The molecule has 2 aromatic heterocycles. The molecular weight excluding hydrogens is 458 g/mol. The van der Waals surface area contributed by atoms with Crippen LogP contribution in [0.2, 0.25) is 10.0 Å². The minimum atomic E-state index is -1.12. The normalized spacial score (nSPS) is 13.9. The third kappa shape index (κ3) is 4.61. The van der Waals surface area contributed by atoms with Crippen molar-refractivity contribution in [3.63, 3.8) is 0 Å². The number of hydrogen-bond donors (Lipinski definition) is 1. The molecule has 4 rings (SSSR count). The van der Waals surface area contributed by atoms with E-state index in [2.05, 4.69) is 15.4 Å². The molecule has 7 nitrogen and oxygen atoms in total. The Morgan fingerprint density at radius 2 is 1.91 bits per heavy atom. The Bertz CT molecular complexity index is 1180. The molecule has 2 heterocycles. The van der Waals surface area contributed by atoms with Gasteiger partial charge >= 0.3 is 5.97 Å². The number of hydrogen-bond acceptors (Lipinski definition) is 5. The number of fused-ring (bicyclic) bond motifs is 1. The maximum atomic E-state index is 13.3. The number of amides is 1. The van der Waals surface area contributed by atoms with Gasteiger partial charge in [0.15, 0.2) is 17.6 Å². The minimum Gasteiger partial charge on any atom is -0.448 e. The number of ether oxygens (including phenoxy) is 1. The lowest BCUT2D eigenvalue weighted by Crippen LogP contribution is -2.30. The van der Waals surface area contributed by atoms with Crippen LogP contribution >= 0.6 is 23.2 Å². The van der Waals surface area contributed by atoms with Gasteiger partial charge in [0.2, 0.25) is 0 Å². The van der Waals surface area contributed by atoms with Gasteiger partial charge in [0, 0.05) is 17.5 Å². The summed E-state index contributed by atoms with van der Waals surface area (Å²) in [7, 11) is 0. The minimum absolute atomic E-state index is 0.113. The fraction of sp³-hybridized carbons (Fsp3) is 0.273. The molecule has 3 aromatic rings. The SMILES string of the molecule is C[C@H](OC(=O)c1nn(-c2ccc(F)cc2)c2c1CCCC2)C(=O)Nc1ncc(Cl)cc1Cl. The quantitative estimate of drug-likeness (QED) is 0.535. The maximum Gasteiger partial charge on any atom is 0.359 e. The number of benzene rings is 1. The number of carbonyl (C=O) groups is 2. The van der Waals surface area contributed by atoms with Crippen LogP contribution in [0.5, 0.6) is 0 Å². The number of nitrogens with zero attached hydrogens (tertiary/aromatic N) is 3. The number of carbonyl (C=O) groups excluding carboxylic acids is 2. The molecule has 1 aromatic carbocycles. The van der Waals surface area contributed by atoms with Gasteiger partial charge in [-0.25, -0.2) is 18.9 Å². The van der Waals surface area contributed by atoms with Crippen molar-refractivity contribution in [2.75, 3.05) is 5.32 Å². The standard InChI is InChI=1S/C22H19Cl2FN4O3/c1-12(21(30)27-20-17(24)10-13(23)11-26-20)32-22(31)19-16-4-2-3-5-18(16)29(28-19)15-8-6-14(25)7-9-15/h6-12H,2-5H2,1H3,(H,26,27,30)/t12-/m0/s1. The number of anilines is 1. The molecule has 0 aliphatic heterocycles. The highest BCUT2D eigenvalue weighted by Gasteiger charge is 2.29. The average molecular weight is 477 g/mol. The Hall–Kier alpha value is -2.97. The van der Waals surface area contributed by atoms with Gasteiger partial charge in [0.05, 0.1) is 15.7 Å². The smallest absolute Gasteiger partial charge is 0.359 e. The van der Waals surface area contributed by atoms with Crippen LogP contribution in [0.25, 0.3) is 5.69 Å². The summed E-state index contributed by atoms with van der Waals surface area (Å²) in [4.78, 5) is 29.3. The van der Waals surface area contributed by atoms with Crippen LogP contribution in [0, 0.1) is 5.82 Å². The van der Waals surface area contributed by atoms with Crippen molar-refractivity contribution in [3.05, 3.63) is 69.3 Å². The van der Waals surface area contributed by atoms with Crippen molar-refractivity contribution in [1.82, 2.24) is 14.8 Å². The van der Waals surface area contributed by atoms with E-state index in [4.69, 9.17) is 27.9 Å². The Kier molecular flexibility index (Phi) is 6.43. The van der Waals surface area contributed by atoms with E-state index in [1.54, 1.807) is 16.8 Å². The highest BCUT2D eigenvalue weighted by Crippen LogP contribution is 2.28. The summed E-state index contributed by atoms with van der Waals surface area (Å²) in [6.45, 7) is 1.44. The predicted octanol–water partition coefficient (Wildman–Crippen LogP) is 4.78. The first-order valence-corrected chi connectivity index (χ1v) is 10.8. The molecule has 1 aliphatic rings. The van der Waals surface area contributed by atoms with Crippen LogP contribution in [-0.2, 0) is 22.4 Å². The molecule has 0 radical (unpaired) electrons. The van der Waals surface area contributed by atoms with Crippen LogP contribution in [0.4, 0.5) is 10.2 Å². The van der Waals surface area contributed by atoms with E-state index < -0.39 is 18.0 Å². The number of rotatable bonds is 5. The van der Waals surface area contributed by atoms with Gasteiger partial charge in [-0.3, -0.25) is 4.79 Å². The van der Waals surface area contributed by atoms with Crippen molar-refractivity contribution in [2.45, 2.75) is 38.7 Å². The van der Waals surface area contributed by atoms with Gasteiger partial charge in [0.25, 0.3) is 5.91 Å². The molecule has 0 fully saturated rings. The van der Waals surface area contributed by atoms with E-state index in [9.17, 15) is 14.0 Å². The number of aromatic nitrogens is 3. The molecule has 0 saturated heterocycles. The van der Waals surface area contributed by atoms with Crippen molar-refractivity contribution in [3.8, 4) is 5.69 Å². The van der Waals surface area contributed by atoms with Crippen LogP contribution in [0.3, 0.4) is 0 Å². The first kappa shape index (κ1) is 22.2. The molecular formula is C22H19Cl2FN4O3. The third-order valence-electron chi connectivity index (χ3n) is 5.15. The fourth-order valence-electron chi connectivity index (χ4n) is 3.55. The molecule has 0 saturated carbocycles. The van der Waals surface area contributed by atoms with Crippen LogP contribution in [-0.4, -0.2) is 32.7 Å². The second kappa shape index (κ2) is 9.26. The summed E-state index contributed by atoms with van der Waals surface area (Å²) in [5, 5.41) is 7.46. The second-order valence-electron chi connectivity index (χ2n) is 7.39. The lowest BCUT2D eigenvalue weighted by atomic mass is 9.95. The summed E-state index contributed by atoms with van der Waals surface area (Å²) in [5.74, 6) is -1.55. The van der Waals surface area contributed by atoms with E-state index in [0.29, 0.717) is 17.1 Å². The Morgan fingerprint density at radius 3 is 2.62 bits per heavy atom. The van der Waals surface area contributed by atoms with E-state index in [0.717, 1.165) is 30.5 Å². The average Bonchev–Trinajstić information content (AvgIpc) is 3.16. The number of halogens is 3. The summed E-state index contributed by atoms with van der Waals surface area (Å²) in [5.41, 5.74) is 2.49. The number of pyridine rings is 1. The molecule has 10 heteroatoms. The van der Waals surface area contributed by atoms with Gasteiger partial charge in [-0.05, 0) is 62.9 Å². The van der Waals surface area contributed by atoms with E-state index in [-0.39, 0.29) is 22.4 Å². The van der Waals surface area contributed by atoms with Gasteiger partial charge in [-0.2, -0.15) is 5.10 Å². The first-order chi connectivity index (χ1) is 15.3.